The van der Waals surface area contributed by atoms with Crippen LogP contribution in [0.15, 0.2) is 97.3 Å². The van der Waals surface area contributed by atoms with Gasteiger partial charge in [-0.1, -0.05) is 54.6 Å². The Labute approximate surface area is 221 Å². The maximum absolute atomic E-state index is 13.9. The number of rotatable bonds is 7. The minimum Gasteiger partial charge on any atom is -0.308 e. The molecule has 1 aliphatic heterocycles. The summed E-state index contributed by atoms with van der Waals surface area (Å²) in [6.45, 7) is 3.66. The Bertz CT molecular complexity index is 1480. The number of fused-ring (bicyclic) bond motifs is 1. The van der Waals surface area contributed by atoms with Crippen LogP contribution in [0.5, 0.6) is 0 Å². The van der Waals surface area contributed by atoms with Crippen LogP contribution >= 0.6 is 0 Å². The fraction of sp³-hybridized carbons (Fsp3) is 0.200. The van der Waals surface area contributed by atoms with Crippen LogP contribution in [0.4, 0.5) is 11.4 Å². The van der Waals surface area contributed by atoms with Gasteiger partial charge in [0, 0.05) is 47.3 Å². The number of amides is 3. The van der Waals surface area contributed by atoms with E-state index in [0.717, 1.165) is 16.6 Å². The van der Waals surface area contributed by atoms with Gasteiger partial charge in [0.15, 0.2) is 0 Å². The average molecular weight is 508 g/mol. The molecule has 1 N–H and O–H groups in total. The third kappa shape index (κ3) is 4.93. The lowest BCUT2D eigenvalue weighted by Gasteiger charge is -2.29. The first-order valence-corrected chi connectivity index (χ1v) is 12.6. The number of nitrogens with one attached hydrogen (secondary N) is 1. The van der Waals surface area contributed by atoms with E-state index in [1.54, 1.807) is 11.1 Å². The highest BCUT2D eigenvalue weighted by molar-refractivity contribution is 6.11. The van der Waals surface area contributed by atoms with Gasteiger partial charge in [0.1, 0.15) is 12.5 Å². The Morgan fingerprint density at radius 3 is 2.26 bits per heavy atom. The normalized spacial score (nSPS) is 15.8. The van der Waals surface area contributed by atoms with E-state index in [9.17, 15) is 14.4 Å². The molecule has 0 unspecified atom stereocenters. The zero-order valence-electron chi connectivity index (χ0n) is 21.3. The van der Waals surface area contributed by atoms with E-state index in [-0.39, 0.29) is 30.8 Å². The Kier molecular flexibility index (Phi) is 7.04. The fourth-order valence-corrected chi connectivity index (χ4v) is 4.79. The summed E-state index contributed by atoms with van der Waals surface area (Å²) in [5, 5.41) is 8.18. The van der Waals surface area contributed by atoms with Gasteiger partial charge in [-0.3, -0.25) is 24.4 Å². The zero-order valence-corrected chi connectivity index (χ0v) is 21.3. The third-order valence-corrected chi connectivity index (χ3v) is 6.62. The van der Waals surface area contributed by atoms with Crippen molar-refractivity contribution in [1.29, 1.82) is 0 Å². The molecule has 5 rings (SSSR count). The van der Waals surface area contributed by atoms with E-state index in [1.165, 1.54) is 16.0 Å². The number of nitrogens with zero attached hydrogens (tertiary/aromatic N) is 4. The molecule has 1 aromatic heterocycles. The summed E-state index contributed by atoms with van der Waals surface area (Å²) in [4.78, 5) is 45.7. The number of hydrogen-bond acceptors (Lipinski definition) is 4. The van der Waals surface area contributed by atoms with Gasteiger partial charge in [-0.2, -0.15) is 5.10 Å². The maximum Gasteiger partial charge on any atom is 0.247 e. The number of para-hydroxylation sites is 3. The van der Waals surface area contributed by atoms with Crippen molar-refractivity contribution in [1.82, 2.24) is 15.1 Å². The van der Waals surface area contributed by atoms with Crippen LogP contribution in [-0.2, 0) is 20.8 Å². The Hall–Kier alpha value is -4.72. The van der Waals surface area contributed by atoms with E-state index in [0.29, 0.717) is 11.4 Å². The van der Waals surface area contributed by atoms with Gasteiger partial charge in [0.2, 0.25) is 17.7 Å². The lowest BCUT2D eigenvalue weighted by atomic mass is 9.98. The SMILES string of the molecule is CC(C)N(C(=O)CN1C=CN(c2ccccc2)C(=O)[C@H](Cc2[nH]nc3ccccc23)C1=O)c1ccccc1. The van der Waals surface area contributed by atoms with Gasteiger partial charge < -0.3 is 9.80 Å². The van der Waals surface area contributed by atoms with Gasteiger partial charge in [-0.05, 0) is 44.2 Å². The molecule has 4 aromatic rings. The molecule has 2 heterocycles. The first kappa shape index (κ1) is 25.0. The highest BCUT2D eigenvalue weighted by Gasteiger charge is 2.38. The monoisotopic (exact) mass is 507 g/mol. The Morgan fingerprint density at radius 2 is 1.55 bits per heavy atom. The molecule has 0 saturated heterocycles. The van der Waals surface area contributed by atoms with Crippen LogP contribution < -0.4 is 9.80 Å². The highest BCUT2D eigenvalue weighted by atomic mass is 16.2. The standard InChI is InChI=1S/C30H29N5O3/c1-21(2)35(23-13-7-4-8-14-23)28(36)20-33-17-18-34(22-11-5-3-6-12-22)30(38)25(29(33)37)19-27-24-15-9-10-16-26(24)31-32-27/h3-18,21,25H,19-20H2,1-2H3,(H,31,32)/t25-/m1/s1. The van der Waals surface area contributed by atoms with Crippen molar-refractivity contribution in [3.8, 4) is 0 Å². The minimum atomic E-state index is -1.05. The number of carbonyl (C=O) groups excluding carboxylic acids is 3. The first-order chi connectivity index (χ1) is 18.4. The van der Waals surface area contributed by atoms with Gasteiger partial charge in [-0.15, -0.1) is 0 Å². The van der Waals surface area contributed by atoms with E-state index in [4.69, 9.17) is 0 Å². The molecule has 3 amide bonds. The fourth-order valence-electron chi connectivity index (χ4n) is 4.79. The maximum atomic E-state index is 13.9. The molecular formula is C30H29N5O3. The second kappa shape index (κ2) is 10.7. The molecule has 0 saturated carbocycles. The molecule has 1 atom stereocenters. The number of anilines is 2. The van der Waals surface area contributed by atoms with Crippen molar-refractivity contribution in [3.05, 3.63) is 103 Å². The quantitative estimate of drug-likeness (QED) is 0.373. The summed E-state index contributed by atoms with van der Waals surface area (Å²) in [6, 6.07) is 26.0. The van der Waals surface area contributed by atoms with Crippen molar-refractivity contribution in [2.75, 3.05) is 16.3 Å². The van der Waals surface area contributed by atoms with Crippen molar-refractivity contribution < 1.29 is 14.4 Å². The molecule has 0 radical (unpaired) electrons. The number of aromatic nitrogens is 2. The topological polar surface area (TPSA) is 89.6 Å². The summed E-state index contributed by atoms with van der Waals surface area (Å²) in [5.74, 6) is -2.09. The van der Waals surface area contributed by atoms with Gasteiger partial charge in [-0.25, -0.2) is 0 Å². The van der Waals surface area contributed by atoms with Crippen LogP contribution in [-0.4, -0.2) is 45.4 Å². The molecule has 8 heteroatoms. The van der Waals surface area contributed by atoms with E-state index in [1.807, 2.05) is 98.8 Å². The lowest BCUT2D eigenvalue weighted by molar-refractivity contribution is -0.140. The zero-order chi connectivity index (χ0) is 26.6. The van der Waals surface area contributed by atoms with Crippen LogP contribution in [0.25, 0.3) is 10.9 Å². The number of H-pyrrole nitrogens is 1. The molecule has 3 aromatic carbocycles. The summed E-state index contributed by atoms with van der Waals surface area (Å²) >= 11 is 0. The third-order valence-electron chi connectivity index (χ3n) is 6.62. The molecule has 0 bridgehead atoms. The molecule has 0 aliphatic carbocycles. The number of aromatic amines is 1. The largest absolute Gasteiger partial charge is 0.308 e. The van der Waals surface area contributed by atoms with E-state index in [2.05, 4.69) is 10.2 Å². The summed E-state index contributed by atoms with van der Waals surface area (Å²) in [5.41, 5.74) is 2.85. The summed E-state index contributed by atoms with van der Waals surface area (Å²) in [7, 11) is 0. The van der Waals surface area contributed by atoms with Crippen LogP contribution in [0.2, 0.25) is 0 Å². The molecule has 0 spiro atoms. The molecular weight excluding hydrogens is 478 g/mol. The number of hydrogen-bond donors (Lipinski definition) is 1. The predicted octanol–water partition coefficient (Wildman–Crippen LogP) is 4.51. The smallest absolute Gasteiger partial charge is 0.247 e. The number of carbonyl (C=O) groups is 3. The molecule has 192 valence electrons. The van der Waals surface area contributed by atoms with Crippen molar-refractivity contribution in [2.24, 2.45) is 5.92 Å². The Morgan fingerprint density at radius 1 is 0.895 bits per heavy atom. The summed E-state index contributed by atoms with van der Waals surface area (Å²) < 4.78 is 0. The predicted molar refractivity (Wildman–Crippen MR) is 147 cm³/mol. The minimum absolute atomic E-state index is 0.120. The van der Waals surface area contributed by atoms with Gasteiger partial charge in [0.25, 0.3) is 0 Å². The number of benzene rings is 3. The van der Waals surface area contributed by atoms with Crippen LogP contribution in [0.1, 0.15) is 19.5 Å². The molecule has 0 fully saturated rings. The lowest BCUT2D eigenvalue weighted by Crippen LogP contribution is -2.46. The second-order valence-electron chi connectivity index (χ2n) is 9.48. The van der Waals surface area contributed by atoms with E-state index >= 15 is 0 Å². The Balaban J connectivity index is 1.49. The van der Waals surface area contributed by atoms with Gasteiger partial charge >= 0.3 is 0 Å². The average Bonchev–Trinajstić information content (AvgIpc) is 3.30. The van der Waals surface area contributed by atoms with Crippen molar-refractivity contribution >= 4 is 40.0 Å². The van der Waals surface area contributed by atoms with Gasteiger partial charge in [0.05, 0.1) is 5.52 Å². The van der Waals surface area contributed by atoms with Crippen LogP contribution in [0, 0.1) is 5.92 Å². The summed E-state index contributed by atoms with van der Waals surface area (Å²) in [6.07, 6.45) is 3.22. The molecule has 1 aliphatic rings. The molecule has 38 heavy (non-hydrogen) atoms. The van der Waals surface area contributed by atoms with Crippen LogP contribution in [0.3, 0.4) is 0 Å². The van der Waals surface area contributed by atoms with Crippen molar-refractivity contribution in [3.63, 3.8) is 0 Å². The van der Waals surface area contributed by atoms with E-state index < -0.39 is 11.8 Å². The second-order valence-corrected chi connectivity index (χ2v) is 9.48. The molecule has 8 nitrogen and oxygen atoms in total. The first-order valence-electron chi connectivity index (χ1n) is 12.6. The highest BCUT2D eigenvalue weighted by Crippen LogP contribution is 2.26. The van der Waals surface area contributed by atoms with Crippen molar-refractivity contribution in [2.45, 2.75) is 26.3 Å².